The van der Waals surface area contributed by atoms with Crippen LogP contribution in [0.25, 0.3) is 32.7 Å². The second-order valence-electron chi connectivity index (χ2n) is 11.5. The number of aromatic amines is 2. The number of fused-ring (bicyclic) bond motifs is 4. The number of nitriles is 2. The minimum absolute atomic E-state index is 0.00494. The maximum atomic E-state index is 14.4. The Labute approximate surface area is 305 Å². The molecule has 0 fully saturated rings. The van der Waals surface area contributed by atoms with Crippen LogP contribution in [0, 0.1) is 40.1 Å². The third-order valence-electron chi connectivity index (χ3n) is 8.02. The zero-order chi connectivity index (χ0) is 37.9. The van der Waals surface area contributed by atoms with Crippen LogP contribution >= 0.6 is 11.6 Å². The number of rotatable bonds is 9. The zero-order valence-electron chi connectivity index (χ0n) is 27.1. The SMILES string of the molecule is N#CCCc1cc(F)c(NS(=O)(=O)c2cnc3c2ccc2ccc[nH]c23)cc1F.N#CCc1ccc(NS(=O)(=O)c2c[nH]c3cc(Cl)ccc23)c(F)c1. The molecule has 3 aromatic heterocycles. The Morgan fingerprint density at radius 1 is 0.774 bits per heavy atom. The van der Waals surface area contributed by atoms with Gasteiger partial charge in [-0.1, -0.05) is 35.9 Å². The average molecular weight is 776 g/mol. The van der Waals surface area contributed by atoms with E-state index in [1.807, 2.05) is 24.3 Å². The number of benzene rings is 4. The number of hydrogen-bond acceptors (Lipinski definition) is 7. The van der Waals surface area contributed by atoms with E-state index in [1.165, 1.54) is 24.5 Å². The predicted molar refractivity (Wildman–Crippen MR) is 195 cm³/mol. The van der Waals surface area contributed by atoms with Gasteiger partial charge in [0, 0.05) is 57.8 Å². The van der Waals surface area contributed by atoms with Gasteiger partial charge in [-0.15, -0.1) is 0 Å². The molecule has 268 valence electrons. The van der Waals surface area contributed by atoms with E-state index in [9.17, 15) is 30.0 Å². The molecule has 0 aliphatic carbocycles. The van der Waals surface area contributed by atoms with Gasteiger partial charge in [-0.05, 0) is 60.0 Å². The Morgan fingerprint density at radius 3 is 2.26 bits per heavy atom. The summed E-state index contributed by atoms with van der Waals surface area (Å²) >= 11 is 5.88. The molecular formula is C36H25ClF3N7O4S2. The number of H-pyrrole nitrogens is 2. The summed E-state index contributed by atoms with van der Waals surface area (Å²) in [5.41, 5.74) is 1.49. The Morgan fingerprint density at radius 2 is 1.51 bits per heavy atom. The molecule has 0 saturated carbocycles. The lowest BCUT2D eigenvalue weighted by Gasteiger charge is -2.10. The summed E-state index contributed by atoms with van der Waals surface area (Å²) in [7, 11) is -8.21. The van der Waals surface area contributed by atoms with Crippen molar-refractivity contribution in [2.75, 3.05) is 9.44 Å². The van der Waals surface area contributed by atoms with Gasteiger partial charge >= 0.3 is 0 Å². The topological polar surface area (TPSA) is 184 Å². The van der Waals surface area contributed by atoms with Crippen molar-refractivity contribution in [1.29, 1.82) is 10.5 Å². The number of pyridine rings is 1. The van der Waals surface area contributed by atoms with E-state index < -0.39 is 43.2 Å². The monoisotopic (exact) mass is 775 g/mol. The van der Waals surface area contributed by atoms with Crippen molar-refractivity contribution in [2.24, 2.45) is 0 Å². The zero-order valence-corrected chi connectivity index (χ0v) is 29.5. The maximum Gasteiger partial charge on any atom is 0.264 e. The van der Waals surface area contributed by atoms with Gasteiger partial charge < -0.3 is 9.97 Å². The van der Waals surface area contributed by atoms with E-state index in [0.717, 1.165) is 23.6 Å². The van der Waals surface area contributed by atoms with Crippen LogP contribution in [0.4, 0.5) is 24.5 Å². The van der Waals surface area contributed by atoms with Crippen molar-refractivity contribution in [2.45, 2.75) is 29.1 Å². The summed E-state index contributed by atoms with van der Waals surface area (Å²) in [6.45, 7) is 0. The van der Waals surface area contributed by atoms with Gasteiger partial charge in [-0.25, -0.2) is 30.0 Å². The number of hydrogen-bond donors (Lipinski definition) is 4. The molecule has 3 heterocycles. The lowest BCUT2D eigenvalue weighted by atomic mass is 10.1. The van der Waals surface area contributed by atoms with Gasteiger partial charge in [-0.3, -0.25) is 14.4 Å². The summed E-state index contributed by atoms with van der Waals surface area (Å²) in [6, 6.07) is 21.2. The molecule has 0 amide bonds. The quantitative estimate of drug-likeness (QED) is 0.114. The van der Waals surface area contributed by atoms with E-state index in [-0.39, 0.29) is 40.3 Å². The Bertz CT molecular complexity index is 2850. The highest BCUT2D eigenvalue weighted by molar-refractivity contribution is 7.93. The highest BCUT2D eigenvalue weighted by atomic mass is 35.5. The fourth-order valence-electron chi connectivity index (χ4n) is 5.50. The number of nitrogens with one attached hydrogen (secondary N) is 4. The summed E-state index contributed by atoms with van der Waals surface area (Å²) < 4.78 is 97.7. The molecule has 4 N–H and O–H groups in total. The summed E-state index contributed by atoms with van der Waals surface area (Å²) in [5, 5.41) is 19.3. The molecule has 7 aromatic rings. The van der Waals surface area contributed by atoms with Crippen LogP contribution in [0.15, 0.2) is 101 Å². The summed E-state index contributed by atoms with van der Waals surface area (Å²) in [5.74, 6) is -2.45. The van der Waals surface area contributed by atoms with Crippen molar-refractivity contribution in [3.63, 3.8) is 0 Å². The molecule has 53 heavy (non-hydrogen) atoms. The molecule has 0 saturated heterocycles. The smallest absolute Gasteiger partial charge is 0.264 e. The fraction of sp³-hybridized carbons (Fsp3) is 0.0833. The van der Waals surface area contributed by atoms with Crippen LogP contribution in [0.5, 0.6) is 0 Å². The second-order valence-corrected chi connectivity index (χ2v) is 15.2. The van der Waals surface area contributed by atoms with E-state index in [0.29, 0.717) is 37.9 Å². The van der Waals surface area contributed by atoms with Crippen LogP contribution in [-0.2, 0) is 32.9 Å². The Hall–Kier alpha value is -6.07. The van der Waals surface area contributed by atoms with Crippen LogP contribution in [0.1, 0.15) is 17.5 Å². The van der Waals surface area contributed by atoms with Crippen LogP contribution in [0.3, 0.4) is 0 Å². The van der Waals surface area contributed by atoms with Crippen molar-refractivity contribution in [3.05, 3.63) is 125 Å². The number of aromatic nitrogens is 3. The van der Waals surface area contributed by atoms with Gasteiger partial charge in [0.05, 0.1) is 41.0 Å². The highest BCUT2D eigenvalue weighted by Crippen LogP contribution is 2.31. The largest absolute Gasteiger partial charge is 0.360 e. The fourth-order valence-corrected chi connectivity index (χ4v) is 8.13. The predicted octanol–water partition coefficient (Wildman–Crippen LogP) is 8.08. The second kappa shape index (κ2) is 14.9. The van der Waals surface area contributed by atoms with E-state index in [2.05, 4.69) is 24.4 Å². The molecule has 0 radical (unpaired) electrons. The standard InChI is InChI=1S/C20H14F2N4O2S.C16H11ClFN3O2S/c21-15-10-17(16(22)9-13(15)3-1-7-23)26-29(27,28)18-11-25-20-14(18)6-5-12-4-2-8-24-19(12)20;17-11-2-3-12-15(8-11)20-9-16(12)24(22,23)21-14-4-1-10(5-6-19)7-13(14)18/h2,4-6,8-11,24,26H,1,3H2;1-4,7-9,20-21H,5H2. The van der Waals surface area contributed by atoms with Gasteiger partial charge in [0.1, 0.15) is 27.2 Å². The minimum Gasteiger partial charge on any atom is -0.360 e. The Kier molecular flexibility index (Phi) is 10.3. The summed E-state index contributed by atoms with van der Waals surface area (Å²) in [6.07, 6.45) is 4.32. The van der Waals surface area contributed by atoms with Crippen molar-refractivity contribution in [3.8, 4) is 12.1 Å². The lowest BCUT2D eigenvalue weighted by molar-refractivity contribution is 0.585. The third kappa shape index (κ3) is 7.75. The highest BCUT2D eigenvalue weighted by Gasteiger charge is 2.24. The first-order valence-corrected chi connectivity index (χ1v) is 18.8. The van der Waals surface area contributed by atoms with Crippen LogP contribution in [-0.4, -0.2) is 31.8 Å². The van der Waals surface area contributed by atoms with Gasteiger partial charge in [-0.2, -0.15) is 10.5 Å². The maximum absolute atomic E-state index is 14.4. The first-order chi connectivity index (χ1) is 25.3. The molecule has 17 heteroatoms. The van der Waals surface area contributed by atoms with Crippen molar-refractivity contribution < 1.29 is 30.0 Å². The minimum atomic E-state index is -4.22. The third-order valence-corrected chi connectivity index (χ3v) is 11.1. The summed E-state index contributed by atoms with van der Waals surface area (Å²) in [4.78, 5) is 9.92. The van der Waals surface area contributed by atoms with Crippen molar-refractivity contribution >= 4 is 75.7 Å². The first kappa shape index (κ1) is 36.7. The molecule has 0 aliphatic rings. The molecule has 0 unspecified atom stereocenters. The molecule has 11 nitrogen and oxygen atoms in total. The lowest BCUT2D eigenvalue weighted by Crippen LogP contribution is -2.14. The number of anilines is 2. The first-order valence-electron chi connectivity index (χ1n) is 15.5. The van der Waals surface area contributed by atoms with Crippen molar-refractivity contribution in [1.82, 2.24) is 15.0 Å². The van der Waals surface area contributed by atoms with Crippen LogP contribution in [0.2, 0.25) is 5.02 Å². The van der Waals surface area contributed by atoms with E-state index >= 15 is 0 Å². The number of sulfonamides is 2. The molecule has 4 aromatic carbocycles. The molecule has 0 aliphatic heterocycles. The van der Waals surface area contributed by atoms with Gasteiger partial charge in [0.2, 0.25) is 0 Å². The van der Waals surface area contributed by atoms with E-state index in [4.69, 9.17) is 22.1 Å². The molecular weight excluding hydrogens is 751 g/mol. The van der Waals surface area contributed by atoms with E-state index in [1.54, 1.807) is 36.5 Å². The number of halogens is 4. The average Bonchev–Trinajstić information content (AvgIpc) is 3.76. The normalized spacial score (nSPS) is 11.5. The number of nitrogens with zero attached hydrogens (tertiary/aromatic N) is 3. The molecule has 0 spiro atoms. The van der Waals surface area contributed by atoms with Gasteiger partial charge in [0.25, 0.3) is 20.0 Å². The Balaban J connectivity index is 0.000000185. The van der Waals surface area contributed by atoms with Crippen LogP contribution < -0.4 is 9.44 Å². The molecule has 0 atom stereocenters. The van der Waals surface area contributed by atoms with Gasteiger partial charge in [0.15, 0.2) is 0 Å². The molecule has 0 bridgehead atoms. The number of aryl methyl sites for hydroxylation is 1. The molecule has 7 rings (SSSR count).